The van der Waals surface area contributed by atoms with E-state index in [1.54, 1.807) is 0 Å². The Morgan fingerprint density at radius 1 is 1.11 bits per heavy atom. The van der Waals surface area contributed by atoms with Gasteiger partial charge in [-0.05, 0) is 19.4 Å². The summed E-state index contributed by atoms with van der Waals surface area (Å²) in [7, 11) is 0. The third kappa shape index (κ3) is 3.21. The smallest absolute Gasteiger partial charge is 0.0237 e. The molecule has 2 rings (SSSR count). The van der Waals surface area contributed by atoms with E-state index in [1.165, 1.54) is 5.56 Å². The number of piperazine rings is 1. The summed E-state index contributed by atoms with van der Waals surface area (Å²) < 4.78 is 0. The molecule has 0 aliphatic carbocycles. The van der Waals surface area contributed by atoms with Crippen molar-refractivity contribution in [2.24, 2.45) is 0 Å². The van der Waals surface area contributed by atoms with Gasteiger partial charge in [-0.15, -0.1) is 6.58 Å². The topological polar surface area (TPSA) is 6.48 Å². The lowest BCUT2D eigenvalue weighted by Gasteiger charge is -2.43. The highest BCUT2D eigenvalue weighted by Crippen LogP contribution is 2.17. The third-order valence-corrected chi connectivity index (χ3v) is 3.84. The molecule has 0 N–H and O–H groups in total. The first-order valence-corrected chi connectivity index (χ1v) is 6.83. The van der Waals surface area contributed by atoms with Gasteiger partial charge in [-0.25, -0.2) is 0 Å². The Labute approximate surface area is 111 Å². The molecule has 0 aromatic heterocycles. The fourth-order valence-electron chi connectivity index (χ4n) is 2.73. The van der Waals surface area contributed by atoms with Crippen molar-refractivity contribution in [3.63, 3.8) is 0 Å². The predicted molar refractivity (Wildman–Crippen MR) is 77.5 cm³/mol. The minimum atomic E-state index is 0.612. The zero-order chi connectivity index (χ0) is 13.0. The highest BCUT2D eigenvalue weighted by molar-refractivity contribution is 5.14. The predicted octanol–water partition coefficient (Wildman–Crippen LogP) is 2.77. The minimum Gasteiger partial charge on any atom is -0.294 e. The lowest BCUT2D eigenvalue weighted by Crippen LogP contribution is -2.55. The Kier molecular flexibility index (Phi) is 4.56. The molecule has 0 spiro atoms. The van der Waals surface area contributed by atoms with Gasteiger partial charge in [-0.2, -0.15) is 0 Å². The van der Waals surface area contributed by atoms with Gasteiger partial charge in [0, 0.05) is 38.3 Å². The zero-order valence-electron chi connectivity index (χ0n) is 11.5. The average molecular weight is 244 g/mol. The summed E-state index contributed by atoms with van der Waals surface area (Å²) in [5, 5.41) is 0. The molecule has 1 saturated heterocycles. The van der Waals surface area contributed by atoms with Crippen LogP contribution in [0.4, 0.5) is 0 Å². The van der Waals surface area contributed by atoms with Crippen molar-refractivity contribution < 1.29 is 0 Å². The molecule has 0 radical (unpaired) electrons. The van der Waals surface area contributed by atoms with Crippen molar-refractivity contribution >= 4 is 0 Å². The second kappa shape index (κ2) is 6.17. The van der Waals surface area contributed by atoms with Crippen LogP contribution in [0.25, 0.3) is 0 Å². The van der Waals surface area contributed by atoms with E-state index < -0.39 is 0 Å². The molecular formula is C16H24N2. The molecule has 1 aliphatic rings. The van der Waals surface area contributed by atoms with Crippen molar-refractivity contribution in [2.75, 3.05) is 19.6 Å². The maximum atomic E-state index is 3.85. The third-order valence-electron chi connectivity index (χ3n) is 3.84. The fourth-order valence-corrected chi connectivity index (χ4v) is 2.73. The lowest BCUT2D eigenvalue weighted by molar-refractivity contribution is 0.0452. The summed E-state index contributed by atoms with van der Waals surface area (Å²) in [6.07, 6.45) is 2.01. The molecule has 2 atom stereocenters. The van der Waals surface area contributed by atoms with Crippen LogP contribution in [-0.2, 0) is 6.54 Å². The highest BCUT2D eigenvalue weighted by atomic mass is 15.3. The molecule has 1 heterocycles. The normalized spacial score (nSPS) is 26.1. The van der Waals surface area contributed by atoms with E-state index in [2.05, 4.69) is 60.6 Å². The largest absolute Gasteiger partial charge is 0.294 e. The standard InChI is InChI=1S/C16H24N2/c1-4-10-17-11-15(3)18(12-14(17)2)13-16-8-6-5-7-9-16/h4-9,14-15H,1,10-13H2,2-3H3/t14-,15+/m0/s1. The van der Waals surface area contributed by atoms with Crippen LogP contribution in [0.5, 0.6) is 0 Å². The second-order valence-electron chi connectivity index (χ2n) is 5.36. The average Bonchev–Trinajstić information content (AvgIpc) is 2.37. The van der Waals surface area contributed by atoms with E-state index in [0.717, 1.165) is 26.2 Å². The lowest BCUT2D eigenvalue weighted by atomic mass is 10.1. The molecule has 1 aromatic rings. The van der Waals surface area contributed by atoms with Gasteiger partial charge in [0.25, 0.3) is 0 Å². The first-order chi connectivity index (χ1) is 8.70. The Bertz CT molecular complexity index is 374. The van der Waals surface area contributed by atoms with Crippen LogP contribution in [-0.4, -0.2) is 41.5 Å². The van der Waals surface area contributed by atoms with Crippen LogP contribution in [0.15, 0.2) is 43.0 Å². The molecule has 18 heavy (non-hydrogen) atoms. The fraction of sp³-hybridized carbons (Fsp3) is 0.500. The van der Waals surface area contributed by atoms with Crippen LogP contribution in [0.3, 0.4) is 0 Å². The summed E-state index contributed by atoms with van der Waals surface area (Å²) in [5.74, 6) is 0. The van der Waals surface area contributed by atoms with Crippen LogP contribution in [0.2, 0.25) is 0 Å². The maximum Gasteiger partial charge on any atom is 0.0237 e. The monoisotopic (exact) mass is 244 g/mol. The van der Waals surface area contributed by atoms with E-state index in [-0.39, 0.29) is 0 Å². The van der Waals surface area contributed by atoms with E-state index >= 15 is 0 Å². The summed E-state index contributed by atoms with van der Waals surface area (Å²) in [5.41, 5.74) is 1.41. The summed E-state index contributed by atoms with van der Waals surface area (Å²) in [6, 6.07) is 12.0. The highest BCUT2D eigenvalue weighted by Gasteiger charge is 2.27. The van der Waals surface area contributed by atoms with E-state index in [4.69, 9.17) is 0 Å². The molecule has 98 valence electrons. The Morgan fingerprint density at radius 3 is 2.39 bits per heavy atom. The number of benzene rings is 1. The first kappa shape index (κ1) is 13.3. The zero-order valence-corrected chi connectivity index (χ0v) is 11.5. The number of hydrogen-bond donors (Lipinski definition) is 0. The number of hydrogen-bond acceptors (Lipinski definition) is 2. The van der Waals surface area contributed by atoms with Gasteiger partial charge in [-0.3, -0.25) is 9.80 Å². The van der Waals surface area contributed by atoms with Gasteiger partial charge in [-0.1, -0.05) is 36.4 Å². The molecule has 2 heteroatoms. The molecule has 2 nitrogen and oxygen atoms in total. The van der Waals surface area contributed by atoms with Crippen molar-refractivity contribution in [3.05, 3.63) is 48.6 Å². The van der Waals surface area contributed by atoms with Crippen molar-refractivity contribution in [3.8, 4) is 0 Å². The van der Waals surface area contributed by atoms with Crippen LogP contribution >= 0.6 is 0 Å². The van der Waals surface area contributed by atoms with E-state index in [9.17, 15) is 0 Å². The van der Waals surface area contributed by atoms with Gasteiger partial charge in [0.2, 0.25) is 0 Å². The van der Waals surface area contributed by atoms with E-state index in [0.29, 0.717) is 12.1 Å². The summed E-state index contributed by atoms with van der Waals surface area (Å²) in [6.45, 7) is 12.8. The van der Waals surface area contributed by atoms with Crippen molar-refractivity contribution in [1.29, 1.82) is 0 Å². The van der Waals surface area contributed by atoms with E-state index in [1.807, 2.05) is 6.08 Å². The molecule has 0 saturated carbocycles. The Hall–Kier alpha value is -1.12. The summed E-state index contributed by atoms with van der Waals surface area (Å²) >= 11 is 0. The molecule has 1 aliphatic heterocycles. The van der Waals surface area contributed by atoms with Gasteiger partial charge >= 0.3 is 0 Å². The molecule has 0 bridgehead atoms. The van der Waals surface area contributed by atoms with Gasteiger partial charge in [0.1, 0.15) is 0 Å². The van der Waals surface area contributed by atoms with Gasteiger partial charge in [0.05, 0.1) is 0 Å². The van der Waals surface area contributed by atoms with Crippen LogP contribution in [0, 0.1) is 0 Å². The second-order valence-corrected chi connectivity index (χ2v) is 5.36. The molecule has 0 unspecified atom stereocenters. The van der Waals surface area contributed by atoms with Gasteiger partial charge in [0.15, 0.2) is 0 Å². The van der Waals surface area contributed by atoms with Crippen LogP contribution in [0.1, 0.15) is 19.4 Å². The van der Waals surface area contributed by atoms with Crippen molar-refractivity contribution in [2.45, 2.75) is 32.5 Å². The van der Waals surface area contributed by atoms with Gasteiger partial charge < -0.3 is 0 Å². The molecule has 1 aromatic carbocycles. The SMILES string of the molecule is C=CCN1C[C@@H](C)N(Cc2ccccc2)C[C@@H]1C. The van der Waals surface area contributed by atoms with Crippen LogP contribution < -0.4 is 0 Å². The Balaban J connectivity index is 1.97. The number of nitrogens with zero attached hydrogens (tertiary/aromatic N) is 2. The molecule has 0 amide bonds. The number of rotatable bonds is 4. The van der Waals surface area contributed by atoms with Crippen molar-refractivity contribution in [1.82, 2.24) is 9.80 Å². The first-order valence-electron chi connectivity index (χ1n) is 6.83. The molecular weight excluding hydrogens is 220 g/mol. The maximum absolute atomic E-state index is 3.85. The molecule has 1 fully saturated rings. The minimum absolute atomic E-state index is 0.612. The Morgan fingerprint density at radius 2 is 1.72 bits per heavy atom. The quantitative estimate of drug-likeness (QED) is 0.752. The summed E-state index contributed by atoms with van der Waals surface area (Å²) in [4.78, 5) is 5.10.